The van der Waals surface area contributed by atoms with Crippen LogP contribution >= 0.6 is 0 Å². The third-order valence-corrected chi connectivity index (χ3v) is 7.35. The van der Waals surface area contributed by atoms with Crippen LogP contribution in [-0.2, 0) is 33.3 Å². The van der Waals surface area contributed by atoms with Crippen LogP contribution in [-0.4, -0.2) is 44.8 Å². The zero-order valence-electron chi connectivity index (χ0n) is 17.5. The maximum absolute atomic E-state index is 13.6. The topological polar surface area (TPSA) is 101 Å². The number of cyclic esters (lactones) is 1. The fourth-order valence-electron chi connectivity index (χ4n) is 5.87. The summed E-state index contributed by atoms with van der Waals surface area (Å²) in [5.41, 5.74) is 0.172. The van der Waals surface area contributed by atoms with Crippen LogP contribution in [0.2, 0.25) is 0 Å². The van der Waals surface area contributed by atoms with Crippen molar-refractivity contribution in [3.05, 3.63) is 24.2 Å². The van der Waals surface area contributed by atoms with E-state index in [-0.39, 0.29) is 42.8 Å². The summed E-state index contributed by atoms with van der Waals surface area (Å²) in [7, 11) is 2.85. The highest BCUT2D eigenvalue weighted by Gasteiger charge is 2.62. The van der Waals surface area contributed by atoms with Gasteiger partial charge >= 0.3 is 11.9 Å². The standard InChI is InChI=1S/C22H28O8/c1-22-6-4-13-14(8-16(30-20(13)24)12-5-7-28-10-12)18(22)19(23)17(29-11-26-2)9-15(22)21(25)27-3/h5,7,10,13-18H,4,6,8-9,11H2,1-3H3/t13-,14?,15+,16-,17+,18+,22+/m1/s1. The van der Waals surface area contributed by atoms with E-state index in [1.54, 1.807) is 12.3 Å². The molecule has 1 aromatic heterocycles. The third-order valence-electron chi connectivity index (χ3n) is 7.35. The molecule has 2 heterocycles. The van der Waals surface area contributed by atoms with E-state index in [4.69, 9.17) is 23.4 Å². The van der Waals surface area contributed by atoms with Crippen molar-refractivity contribution in [3.63, 3.8) is 0 Å². The van der Waals surface area contributed by atoms with E-state index >= 15 is 0 Å². The molecule has 3 aliphatic rings. The molecule has 1 aliphatic heterocycles. The molecule has 0 N–H and O–H groups in total. The van der Waals surface area contributed by atoms with Gasteiger partial charge in [0, 0.05) is 18.6 Å². The Hall–Kier alpha value is -2.19. The van der Waals surface area contributed by atoms with Crippen molar-refractivity contribution in [2.75, 3.05) is 21.0 Å². The Labute approximate surface area is 175 Å². The largest absolute Gasteiger partial charge is 0.472 e. The number of carbonyl (C=O) groups excluding carboxylic acids is 3. The van der Waals surface area contributed by atoms with Crippen LogP contribution in [0, 0.1) is 29.1 Å². The summed E-state index contributed by atoms with van der Waals surface area (Å²) in [6, 6.07) is 1.77. The lowest BCUT2D eigenvalue weighted by Crippen LogP contribution is -2.60. The third kappa shape index (κ3) is 3.36. The molecular weight excluding hydrogens is 392 g/mol. The molecular formula is C22H28O8. The van der Waals surface area contributed by atoms with Crippen LogP contribution in [0.4, 0.5) is 0 Å². The fraction of sp³-hybridized carbons (Fsp3) is 0.682. The SMILES string of the molecule is COCO[C@H]1C[C@@H](C(=O)OC)[C@]2(C)CC[C@H]3C(=O)O[C@@H](c4ccoc4)CC3[C@H]2C1=O. The van der Waals surface area contributed by atoms with Crippen LogP contribution < -0.4 is 0 Å². The van der Waals surface area contributed by atoms with E-state index in [1.165, 1.54) is 20.5 Å². The van der Waals surface area contributed by atoms with Gasteiger partial charge in [0.1, 0.15) is 19.0 Å². The van der Waals surface area contributed by atoms with Gasteiger partial charge in [-0.1, -0.05) is 6.92 Å². The zero-order chi connectivity index (χ0) is 21.5. The molecule has 0 radical (unpaired) electrons. The van der Waals surface area contributed by atoms with Crippen molar-refractivity contribution in [1.29, 1.82) is 0 Å². The lowest BCUT2D eigenvalue weighted by Gasteiger charge is -2.56. The highest BCUT2D eigenvalue weighted by atomic mass is 16.7. The summed E-state index contributed by atoms with van der Waals surface area (Å²) in [5, 5.41) is 0. The van der Waals surface area contributed by atoms with Crippen molar-refractivity contribution in [2.45, 2.75) is 44.8 Å². The first-order valence-corrected chi connectivity index (χ1v) is 10.4. The smallest absolute Gasteiger partial charge is 0.309 e. The average Bonchev–Trinajstić information content (AvgIpc) is 3.27. The van der Waals surface area contributed by atoms with E-state index < -0.39 is 29.5 Å². The van der Waals surface area contributed by atoms with Gasteiger partial charge < -0.3 is 23.4 Å². The molecule has 7 atom stereocenters. The van der Waals surface area contributed by atoms with Crippen molar-refractivity contribution in [2.24, 2.45) is 29.1 Å². The summed E-state index contributed by atoms with van der Waals surface area (Å²) in [5.74, 6) is -2.29. The number of furan rings is 1. The van der Waals surface area contributed by atoms with Gasteiger partial charge in [0.2, 0.25) is 0 Å². The molecule has 0 amide bonds. The van der Waals surface area contributed by atoms with Crippen molar-refractivity contribution < 1.29 is 37.7 Å². The molecule has 1 aromatic rings. The van der Waals surface area contributed by atoms with E-state index in [2.05, 4.69) is 0 Å². The van der Waals surface area contributed by atoms with Crippen LogP contribution in [0.1, 0.15) is 44.3 Å². The lowest BCUT2D eigenvalue weighted by molar-refractivity contribution is -0.196. The van der Waals surface area contributed by atoms with Gasteiger partial charge in [0.15, 0.2) is 5.78 Å². The van der Waals surface area contributed by atoms with E-state index in [1.807, 2.05) is 6.92 Å². The summed E-state index contributed by atoms with van der Waals surface area (Å²) >= 11 is 0. The van der Waals surface area contributed by atoms with Crippen molar-refractivity contribution in [3.8, 4) is 0 Å². The number of Topliss-reactive ketones (excluding diaryl/α,β-unsaturated/α-hetero) is 1. The summed E-state index contributed by atoms with van der Waals surface area (Å²) < 4.78 is 26.6. The van der Waals surface area contributed by atoms with Gasteiger partial charge in [0.05, 0.1) is 31.5 Å². The molecule has 2 aliphatic carbocycles. The van der Waals surface area contributed by atoms with E-state index in [0.717, 1.165) is 5.56 Å². The number of methoxy groups -OCH3 is 2. The van der Waals surface area contributed by atoms with Crippen molar-refractivity contribution >= 4 is 17.7 Å². The first-order valence-electron chi connectivity index (χ1n) is 10.4. The molecule has 3 fully saturated rings. The van der Waals surface area contributed by atoms with Gasteiger partial charge in [0.25, 0.3) is 0 Å². The van der Waals surface area contributed by atoms with Gasteiger partial charge in [-0.05, 0) is 43.1 Å². The Morgan fingerprint density at radius 2 is 2.07 bits per heavy atom. The molecule has 0 spiro atoms. The number of hydrogen-bond donors (Lipinski definition) is 0. The molecule has 30 heavy (non-hydrogen) atoms. The monoisotopic (exact) mass is 420 g/mol. The van der Waals surface area contributed by atoms with Crippen molar-refractivity contribution in [1.82, 2.24) is 0 Å². The second kappa shape index (κ2) is 8.15. The second-order valence-corrected chi connectivity index (χ2v) is 8.79. The maximum Gasteiger partial charge on any atom is 0.309 e. The second-order valence-electron chi connectivity index (χ2n) is 8.79. The normalized spacial score (nSPS) is 38.4. The Morgan fingerprint density at radius 1 is 1.27 bits per heavy atom. The number of esters is 2. The summed E-state index contributed by atoms with van der Waals surface area (Å²) in [6.07, 6.45) is 3.78. The van der Waals surface area contributed by atoms with Gasteiger partial charge in [-0.2, -0.15) is 0 Å². The minimum atomic E-state index is -0.767. The zero-order valence-corrected chi connectivity index (χ0v) is 17.5. The first kappa shape index (κ1) is 21.1. The number of fused-ring (bicyclic) bond motifs is 3. The van der Waals surface area contributed by atoms with Crippen LogP contribution in [0.3, 0.4) is 0 Å². The average molecular weight is 420 g/mol. The summed E-state index contributed by atoms with van der Waals surface area (Å²) in [4.78, 5) is 39.1. The number of ketones is 1. The highest BCUT2D eigenvalue weighted by Crippen LogP contribution is 2.59. The van der Waals surface area contributed by atoms with Gasteiger partial charge in [-0.25, -0.2) is 0 Å². The molecule has 0 bridgehead atoms. The van der Waals surface area contributed by atoms with Gasteiger partial charge in [-0.15, -0.1) is 0 Å². The predicted molar refractivity (Wildman–Crippen MR) is 102 cm³/mol. The number of ether oxygens (including phenoxy) is 4. The highest BCUT2D eigenvalue weighted by molar-refractivity contribution is 5.91. The predicted octanol–water partition coefficient (Wildman–Crippen LogP) is 2.67. The Kier molecular flexibility index (Phi) is 5.72. The first-order chi connectivity index (χ1) is 14.4. The minimum absolute atomic E-state index is 0.0402. The quantitative estimate of drug-likeness (QED) is 0.529. The van der Waals surface area contributed by atoms with E-state index in [0.29, 0.717) is 19.3 Å². The molecule has 2 saturated carbocycles. The molecule has 1 unspecified atom stereocenters. The Balaban J connectivity index is 1.70. The molecule has 8 nitrogen and oxygen atoms in total. The summed E-state index contributed by atoms with van der Waals surface area (Å²) in [6.45, 7) is 1.94. The molecule has 8 heteroatoms. The molecule has 0 aromatic carbocycles. The molecule has 164 valence electrons. The van der Waals surface area contributed by atoms with Gasteiger partial charge in [-0.3, -0.25) is 14.4 Å². The molecule has 1 saturated heterocycles. The number of hydrogen-bond acceptors (Lipinski definition) is 8. The number of carbonyl (C=O) groups is 3. The maximum atomic E-state index is 13.6. The fourth-order valence-corrected chi connectivity index (χ4v) is 5.87. The number of rotatable bonds is 5. The Bertz CT molecular complexity index is 802. The lowest BCUT2D eigenvalue weighted by atomic mass is 9.48. The molecule has 4 rings (SSSR count). The minimum Gasteiger partial charge on any atom is -0.472 e. The Morgan fingerprint density at radius 3 is 2.73 bits per heavy atom. The van der Waals surface area contributed by atoms with Crippen LogP contribution in [0.15, 0.2) is 23.0 Å². The van der Waals surface area contributed by atoms with Crippen LogP contribution in [0.5, 0.6) is 0 Å². The van der Waals surface area contributed by atoms with Crippen LogP contribution in [0.25, 0.3) is 0 Å². The van der Waals surface area contributed by atoms with E-state index in [9.17, 15) is 14.4 Å².